The largest absolute Gasteiger partial charge is 0.466 e. The number of ether oxygens (including phenoxy) is 2. The summed E-state index contributed by atoms with van der Waals surface area (Å²) in [7, 11) is 0. The monoisotopic (exact) mass is 593 g/mol. The molecule has 2 aromatic rings. The third-order valence-electron chi connectivity index (χ3n) is 7.95. The maximum absolute atomic E-state index is 13.1. The Bertz CT molecular complexity index is 1130. The Kier molecular flexibility index (Phi) is 16.3. The number of unbranched alkanes of at least 4 members (excludes halogenated alkanes) is 6. The van der Waals surface area contributed by atoms with Crippen molar-refractivity contribution in [3.63, 3.8) is 0 Å². The Balaban J connectivity index is 0.00000645. The van der Waals surface area contributed by atoms with Crippen molar-refractivity contribution in [2.24, 2.45) is 0 Å². The molecule has 43 heavy (non-hydrogen) atoms. The first-order chi connectivity index (χ1) is 20.4. The number of amides is 1. The van der Waals surface area contributed by atoms with Crippen LogP contribution in [-0.4, -0.2) is 42.9 Å². The summed E-state index contributed by atoms with van der Waals surface area (Å²) in [6.07, 6.45) is 8.55. The SMILES string of the molecule is C.CCCCCC(NC(=O)OCC1c2ccccc2-c2ccccc21)C(=O)CCCCCCCOC(=O)CCC(=O)CC. The Hall–Kier alpha value is -3.48. The van der Waals surface area contributed by atoms with Crippen molar-refractivity contribution in [2.45, 2.75) is 117 Å². The number of benzene rings is 2. The topological polar surface area (TPSA) is 98.8 Å². The molecule has 0 spiro atoms. The van der Waals surface area contributed by atoms with Gasteiger partial charge >= 0.3 is 12.1 Å². The third kappa shape index (κ3) is 11.6. The van der Waals surface area contributed by atoms with Crippen LogP contribution < -0.4 is 5.32 Å². The molecular formula is C36H51NO6. The summed E-state index contributed by atoms with van der Waals surface area (Å²) in [5.74, 6) is -0.218. The zero-order valence-electron chi connectivity index (χ0n) is 25.3. The third-order valence-corrected chi connectivity index (χ3v) is 7.95. The molecule has 0 bridgehead atoms. The Labute approximate surface area is 258 Å². The van der Waals surface area contributed by atoms with Gasteiger partial charge in [0.2, 0.25) is 0 Å². The van der Waals surface area contributed by atoms with E-state index in [0.717, 1.165) is 62.5 Å². The first kappa shape index (κ1) is 35.7. The molecule has 7 heteroatoms. The molecule has 7 nitrogen and oxygen atoms in total. The lowest BCUT2D eigenvalue weighted by atomic mass is 9.98. The maximum Gasteiger partial charge on any atom is 0.407 e. The molecule has 1 aliphatic carbocycles. The lowest BCUT2D eigenvalue weighted by Gasteiger charge is -2.19. The molecule has 0 fully saturated rings. The quantitative estimate of drug-likeness (QED) is 0.122. The molecule has 0 saturated carbocycles. The summed E-state index contributed by atoms with van der Waals surface area (Å²) in [6, 6.07) is 15.9. The fourth-order valence-corrected chi connectivity index (χ4v) is 5.48. The molecule has 0 heterocycles. The van der Waals surface area contributed by atoms with Crippen LogP contribution in [0.3, 0.4) is 0 Å². The van der Waals surface area contributed by atoms with Gasteiger partial charge in [-0.2, -0.15) is 0 Å². The summed E-state index contributed by atoms with van der Waals surface area (Å²) >= 11 is 0. The van der Waals surface area contributed by atoms with Crippen molar-refractivity contribution in [1.29, 1.82) is 0 Å². The predicted molar refractivity (Wildman–Crippen MR) is 171 cm³/mol. The highest BCUT2D eigenvalue weighted by molar-refractivity contribution is 5.87. The Morgan fingerprint density at radius 2 is 1.37 bits per heavy atom. The average Bonchev–Trinajstić information content (AvgIpc) is 3.33. The van der Waals surface area contributed by atoms with E-state index in [1.165, 1.54) is 11.1 Å². The van der Waals surface area contributed by atoms with E-state index in [0.29, 0.717) is 25.9 Å². The van der Waals surface area contributed by atoms with Crippen LogP contribution in [0.1, 0.15) is 122 Å². The molecular weight excluding hydrogens is 542 g/mol. The molecule has 1 N–H and O–H groups in total. The van der Waals surface area contributed by atoms with Crippen LogP contribution in [0.15, 0.2) is 48.5 Å². The van der Waals surface area contributed by atoms with E-state index in [1.54, 1.807) is 6.92 Å². The molecule has 0 radical (unpaired) electrons. The van der Waals surface area contributed by atoms with Crippen LogP contribution in [0.4, 0.5) is 4.79 Å². The zero-order valence-corrected chi connectivity index (χ0v) is 25.3. The van der Waals surface area contributed by atoms with Crippen molar-refractivity contribution in [2.75, 3.05) is 13.2 Å². The molecule has 0 saturated heterocycles. The smallest absolute Gasteiger partial charge is 0.407 e. The van der Waals surface area contributed by atoms with Crippen LogP contribution in [0, 0.1) is 0 Å². The number of carbonyl (C=O) groups is 4. The van der Waals surface area contributed by atoms with Crippen LogP contribution in [-0.2, 0) is 23.9 Å². The minimum Gasteiger partial charge on any atom is -0.466 e. The van der Waals surface area contributed by atoms with E-state index in [4.69, 9.17) is 9.47 Å². The van der Waals surface area contributed by atoms with Gasteiger partial charge < -0.3 is 14.8 Å². The Morgan fingerprint density at radius 3 is 2.02 bits per heavy atom. The second kappa shape index (κ2) is 19.7. The highest BCUT2D eigenvalue weighted by Gasteiger charge is 2.29. The average molecular weight is 594 g/mol. The minimum atomic E-state index is -0.541. The number of hydrogen-bond acceptors (Lipinski definition) is 6. The number of ketones is 2. The van der Waals surface area contributed by atoms with E-state index >= 15 is 0 Å². The van der Waals surface area contributed by atoms with Gasteiger partial charge in [0, 0.05) is 25.2 Å². The summed E-state index contributed by atoms with van der Waals surface area (Å²) in [4.78, 5) is 48.9. The number of Topliss-reactive ketones (excluding diaryl/α,β-unsaturated/α-hetero) is 2. The van der Waals surface area contributed by atoms with Crippen molar-refractivity contribution in [3.8, 4) is 11.1 Å². The first-order valence-corrected chi connectivity index (χ1v) is 15.8. The van der Waals surface area contributed by atoms with Gasteiger partial charge in [0.25, 0.3) is 0 Å². The van der Waals surface area contributed by atoms with Gasteiger partial charge in [0.1, 0.15) is 12.4 Å². The summed E-state index contributed by atoms with van der Waals surface area (Å²) in [5, 5.41) is 2.87. The van der Waals surface area contributed by atoms with Crippen LogP contribution in [0.5, 0.6) is 0 Å². The van der Waals surface area contributed by atoms with E-state index in [-0.39, 0.29) is 50.3 Å². The number of fused-ring (bicyclic) bond motifs is 3. The van der Waals surface area contributed by atoms with Gasteiger partial charge in [-0.25, -0.2) is 4.79 Å². The Morgan fingerprint density at radius 1 is 0.744 bits per heavy atom. The highest BCUT2D eigenvalue weighted by Crippen LogP contribution is 2.44. The summed E-state index contributed by atoms with van der Waals surface area (Å²) < 4.78 is 10.9. The molecule has 1 atom stereocenters. The van der Waals surface area contributed by atoms with E-state index < -0.39 is 12.1 Å². The fourth-order valence-electron chi connectivity index (χ4n) is 5.48. The van der Waals surface area contributed by atoms with E-state index in [2.05, 4.69) is 36.5 Å². The van der Waals surface area contributed by atoms with Crippen molar-refractivity contribution < 1.29 is 28.7 Å². The second-order valence-corrected chi connectivity index (χ2v) is 11.1. The lowest BCUT2D eigenvalue weighted by Crippen LogP contribution is -2.41. The molecule has 1 amide bonds. The molecule has 0 aromatic heterocycles. The maximum atomic E-state index is 13.1. The normalized spacial score (nSPS) is 12.4. The molecule has 3 rings (SSSR count). The van der Waals surface area contributed by atoms with Gasteiger partial charge in [0.05, 0.1) is 19.1 Å². The fraction of sp³-hybridized carbons (Fsp3) is 0.556. The molecule has 1 unspecified atom stereocenters. The molecule has 1 aliphatic rings. The van der Waals surface area contributed by atoms with Gasteiger partial charge in [-0.15, -0.1) is 0 Å². The number of nitrogens with one attached hydrogen (secondary N) is 1. The number of alkyl carbamates (subject to hydrolysis) is 1. The highest BCUT2D eigenvalue weighted by atomic mass is 16.5. The molecule has 236 valence electrons. The van der Waals surface area contributed by atoms with Crippen LogP contribution in [0.25, 0.3) is 11.1 Å². The van der Waals surface area contributed by atoms with Gasteiger partial charge in [-0.05, 0) is 41.5 Å². The number of carbonyl (C=O) groups excluding carboxylic acids is 4. The minimum absolute atomic E-state index is 0. The summed E-state index contributed by atoms with van der Waals surface area (Å²) in [5.41, 5.74) is 4.67. The van der Waals surface area contributed by atoms with Crippen LogP contribution in [0.2, 0.25) is 0 Å². The van der Waals surface area contributed by atoms with Crippen molar-refractivity contribution in [3.05, 3.63) is 59.7 Å². The van der Waals surface area contributed by atoms with Gasteiger partial charge in [-0.1, -0.05) is 108 Å². The predicted octanol–water partition coefficient (Wildman–Crippen LogP) is 8.32. The zero-order chi connectivity index (χ0) is 30.2. The van der Waals surface area contributed by atoms with Gasteiger partial charge in [0.15, 0.2) is 5.78 Å². The summed E-state index contributed by atoms with van der Waals surface area (Å²) in [6.45, 7) is 4.49. The van der Waals surface area contributed by atoms with Crippen molar-refractivity contribution in [1.82, 2.24) is 5.32 Å². The van der Waals surface area contributed by atoms with E-state index in [1.807, 2.05) is 24.3 Å². The van der Waals surface area contributed by atoms with Crippen LogP contribution >= 0.6 is 0 Å². The van der Waals surface area contributed by atoms with Gasteiger partial charge in [-0.3, -0.25) is 14.4 Å². The molecule has 0 aliphatic heterocycles. The number of rotatable bonds is 20. The second-order valence-electron chi connectivity index (χ2n) is 11.1. The van der Waals surface area contributed by atoms with Crippen molar-refractivity contribution >= 4 is 23.6 Å². The molecule has 2 aromatic carbocycles. The number of esters is 1. The lowest BCUT2D eigenvalue weighted by molar-refractivity contribution is -0.145. The van der Waals surface area contributed by atoms with E-state index in [9.17, 15) is 19.2 Å². The number of hydrogen-bond donors (Lipinski definition) is 1. The first-order valence-electron chi connectivity index (χ1n) is 15.8. The standard InChI is InChI=1S/C35H47NO6.CH4/c1-3-5-9-20-32(33(38)21-10-7-6-8-15-24-41-34(39)23-22-26(37)4-2)36-35(40)42-25-31-29-18-13-11-16-27(29)28-17-12-14-19-30(28)31;/h11-14,16-19,31-32H,3-10,15,20-25H2,1-2H3,(H,36,40);1H4.